The van der Waals surface area contributed by atoms with Crippen molar-refractivity contribution in [1.29, 1.82) is 0 Å². The van der Waals surface area contributed by atoms with E-state index in [0.717, 1.165) is 29.9 Å². The van der Waals surface area contributed by atoms with Crippen LogP contribution in [0.5, 0.6) is 0 Å². The SMILES string of the molecule is Cc1ccc(Cl)cc1N1CCN(C(=O)CCC2(c3ccccc3)NC(O)NC2=O)CC1. The van der Waals surface area contributed by atoms with Crippen LogP contribution < -0.4 is 15.5 Å². The summed E-state index contributed by atoms with van der Waals surface area (Å²) in [5.74, 6) is -0.311. The molecule has 2 aromatic carbocycles. The first-order chi connectivity index (χ1) is 14.9. The number of nitrogens with one attached hydrogen (secondary N) is 2. The van der Waals surface area contributed by atoms with Gasteiger partial charge in [0.15, 0.2) is 6.35 Å². The molecule has 4 rings (SSSR count). The summed E-state index contributed by atoms with van der Waals surface area (Å²) >= 11 is 6.16. The molecule has 0 radical (unpaired) electrons. The number of benzene rings is 2. The summed E-state index contributed by atoms with van der Waals surface area (Å²) < 4.78 is 0. The van der Waals surface area contributed by atoms with E-state index in [1.54, 1.807) is 0 Å². The van der Waals surface area contributed by atoms with Crippen molar-refractivity contribution >= 4 is 29.1 Å². The van der Waals surface area contributed by atoms with E-state index in [9.17, 15) is 14.7 Å². The largest absolute Gasteiger partial charge is 0.368 e. The number of hydrogen-bond acceptors (Lipinski definition) is 5. The van der Waals surface area contributed by atoms with E-state index in [1.165, 1.54) is 0 Å². The Kier molecular flexibility index (Phi) is 6.18. The molecule has 164 valence electrons. The number of carbonyl (C=O) groups is 2. The fraction of sp³-hybridized carbons (Fsp3) is 0.391. The Labute approximate surface area is 187 Å². The fourth-order valence-electron chi connectivity index (χ4n) is 4.42. The lowest BCUT2D eigenvalue weighted by molar-refractivity contribution is -0.132. The molecule has 0 bridgehead atoms. The molecule has 31 heavy (non-hydrogen) atoms. The van der Waals surface area contributed by atoms with Gasteiger partial charge in [0, 0.05) is 43.3 Å². The van der Waals surface area contributed by atoms with E-state index in [4.69, 9.17) is 11.6 Å². The predicted molar refractivity (Wildman–Crippen MR) is 120 cm³/mol. The monoisotopic (exact) mass is 442 g/mol. The van der Waals surface area contributed by atoms with Gasteiger partial charge in [0.25, 0.3) is 0 Å². The number of amides is 2. The molecule has 2 fully saturated rings. The van der Waals surface area contributed by atoms with Crippen molar-refractivity contribution in [2.75, 3.05) is 31.1 Å². The average molecular weight is 443 g/mol. The van der Waals surface area contributed by atoms with Crippen LogP contribution in [0.1, 0.15) is 24.0 Å². The molecule has 2 aliphatic heterocycles. The molecule has 3 N–H and O–H groups in total. The van der Waals surface area contributed by atoms with Gasteiger partial charge < -0.3 is 20.2 Å². The van der Waals surface area contributed by atoms with Crippen molar-refractivity contribution in [1.82, 2.24) is 15.5 Å². The topological polar surface area (TPSA) is 84.9 Å². The number of anilines is 1. The molecule has 2 aromatic rings. The second-order valence-electron chi connectivity index (χ2n) is 8.09. The van der Waals surface area contributed by atoms with Gasteiger partial charge in [0.2, 0.25) is 11.8 Å². The Morgan fingerprint density at radius 3 is 2.52 bits per heavy atom. The Morgan fingerprint density at radius 2 is 1.87 bits per heavy atom. The van der Waals surface area contributed by atoms with Gasteiger partial charge in [-0.25, -0.2) is 0 Å². The van der Waals surface area contributed by atoms with Crippen molar-refractivity contribution < 1.29 is 14.7 Å². The maximum atomic E-state index is 12.9. The number of rotatable bonds is 5. The number of nitrogens with zero attached hydrogens (tertiary/aromatic N) is 2. The predicted octanol–water partition coefficient (Wildman–Crippen LogP) is 1.97. The smallest absolute Gasteiger partial charge is 0.248 e. The Hall–Kier alpha value is -2.61. The van der Waals surface area contributed by atoms with Crippen molar-refractivity contribution in [3.63, 3.8) is 0 Å². The van der Waals surface area contributed by atoms with Crippen LogP contribution in [0.2, 0.25) is 5.02 Å². The molecule has 2 amide bonds. The van der Waals surface area contributed by atoms with E-state index >= 15 is 0 Å². The summed E-state index contributed by atoms with van der Waals surface area (Å²) in [5, 5.41) is 16.1. The zero-order valence-corrected chi connectivity index (χ0v) is 18.2. The van der Waals surface area contributed by atoms with Crippen molar-refractivity contribution in [2.24, 2.45) is 0 Å². The summed E-state index contributed by atoms with van der Waals surface area (Å²) in [4.78, 5) is 29.7. The normalized spacial score (nSPS) is 23.7. The Bertz CT molecular complexity index is 963. The lowest BCUT2D eigenvalue weighted by Crippen LogP contribution is -2.50. The van der Waals surface area contributed by atoms with Crippen LogP contribution in [-0.2, 0) is 15.1 Å². The van der Waals surface area contributed by atoms with Crippen LogP contribution in [0.25, 0.3) is 0 Å². The van der Waals surface area contributed by atoms with Gasteiger partial charge in [-0.15, -0.1) is 0 Å². The number of piperazine rings is 1. The van der Waals surface area contributed by atoms with Crippen LogP contribution in [-0.4, -0.2) is 54.4 Å². The summed E-state index contributed by atoms with van der Waals surface area (Å²) in [5.41, 5.74) is 1.88. The minimum atomic E-state index is -1.13. The molecule has 8 heteroatoms. The van der Waals surface area contributed by atoms with Crippen LogP contribution >= 0.6 is 11.6 Å². The van der Waals surface area contributed by atoms with Crippen LogP contribution in [0.15, 0.2) is 48.5 Å². The Balaban J connectivity index is 1.40. The van der Waals surface area contributed by atoms with E-state index in [-0.39, 0.29) is 24.7 Å². The van der Waals surface area contributed by atoms with Gasteiger partial charge in [-0.1, -0.05) is 48.0 Å². The Morgan fingerprint density at radius 1 is 1.16 bits per heavy atom. The third-order valence-corrected chi connectivity index (χ3v) is 6.40. The third kappa shape index (κ3) is 4.39. The molecule has 2 saturated heterocycles. The fourth-order valence-corrected chi connectivity index (χ4v) is 4.59. The number of aryl methyl sites for hydroxylation is 1. The zero-order valence-electron chi connectivity index (χ0n) is 17.5. The van der Waals surface area contributed by atoms with Crippen molar-refractivity contribution in [3.8, 4) is 0 Å². The van der Waals surface area contributed by atoms with Crippen LogP contribution in [0, 0.1) is 6.92 Å². The van der Waals surface area contributed by atoms with Crippen molar-refractivity contribution in [2.45, 2.75) is 31.7 Å². The highest BCUT2D eigenvalue weighted by molar-refractivity contribution is 6.30. The average Bonchev–Trinajstić information content (AvgIpc) is 3.08. The van der Waals surface area contributed by atoms with E-state index in [2.05, 4.69) is 22.5 Å². The zero-order chi connectivity index (χ0) is 22.0. The van der Waals surface area contributed by atoms with E-state index < -0.39 is 11.9 Å². The quantitative estimate of drug-likeness (QED) is 0.659. The minimum Gasteiger partial charge on any atom is -0.368 e. The van der Waals surface area contributed by atoms with Gasteiger partial charge in [-0.05, 0) is 36.6 Å². The summed E-state index contributed by atoms with van der Waals surface area (Å²) in [6.07, 6.45) is -0.655. The van der Waals surface area contributed by atoms with Gasteiger partial charge in [-0.2, -0.15) is 0 Å². The molecule has 2 unspecified atom stereocenters. The summed E-state index contributed by atoms with van der Waals surface area (Å²) in [6, 6.07) is 15.1. The maximum Gasteiger partial charge on any atom is 0.248 e. The summed E-state index contributed by atoms with van der Waals surface area (Å²) in [7, 11) is 0. The molecule has 2 atom stereocenters. The molecule has 0 aromatic heterocycles. The number of halogens is 1. The molecule has 0 aliphatic carbocycles. The highest BCUT2D eigenvalue weighted by atomic mass is 35.5. The maximum absolute atomic E-state index is 12.9. The number of hydrogen-bond donors (Lipinski definition) is 3. The first kappa shape index (κ1) is 21.6. The lowest BCUT2D eigenvalue weighted by atomic mass is 9.85. The molecule has 0 spiro atoms. The van der Waals surface area contributed by atoms with Gasteiger partial charge >= 0.3 is 0 Å². The highest BCUT2D eigenvalue weighted by Crippen LogP contribution is 2.31. The lowest BCUT2D eigenvalue weighted by Gasteiger charge is -2.37. The second-order valence-corrected chi connectivity index (χ2v) is 8.53. The minimum absolute atomic E-state index is 0.00811. The van der Waals surface area contributed by atoms with Crippen molar-refractivity contribution in [3.05, 3.63) is 64.7 Å². The number of carbonyl (C=O) groups excluding carboxylic acids is 2. The standard InChI is InChI=1S/C23H27ClN4O3/c1-16-7-8-18(24)15-19(16)27-11-13-28(14-12-27)20(29)9-10-23(17-5-3-2-4-6-17)21(30)25-22(31)26-23/h2-8,15,22,26,31H,9-14H2,1H3,(H,25,30). The van der Waals surface area contributed by atoms with Gasteiger partial charge in [0.05, 0.1) is 0 Å². The molecule has 0 saturated carbocycles. The third-order valence-electron chi connectivity index (χ3n) is 6.16. The molecule has 7 nitrogen and oxygen atoms in total. The van der Waals surface area contributed by atoms with E-state index in [1.807, 2.05) is 53.4 Å². The number of aliphatic hydroxyl groups is 1. The number of aliphatic hydroxyl groups excluding tert-OH is 1. The second kappa shape index (κ2) is 8.86. The summed E-state index contributed by atoms with van der Waals surface area (Å²) in [6.45, 7) is 4.75. The van der Waals surface area contributed by atoms with Crippen LogP contribution in [0.3, 0.4) is 0 Å². The van der Waals surface area contributed by atoms with Gasteiger partial charge in [-0.3, -0.25) is 14.9 Å². The first-order valence-electron chi connectivity index (χ1n) is 10.5. The molecular formula is C23H27ClN4O3. The molecule has 2 aliphatic rings. The molecular weight excluding hydrogens is 416 g/mol. The van der Waals surface area contributed by atoms with E-state index in [0.29, 0.717) is 18.1 Å². The first-order valence-corrected chi connectivity index (χ1v) is 10.9. The highest BCUT2D eigenvalue weighted by Gasteiger charge is 2.47. The van der Waals surface area contributed by atoms with Crippen LogP contribution in [0.4, 0.5) is 5.69 Å². The van der Waals surface area contributed by atoms with Gasteiger partial charge in [0.1, 0.15) is 5.54 Å². The molecule has 2 heterocycles.